The molecule has 1 aromatic heterocycles. The van der Waals surface area contributed by atoms with Crippen molar-refractivity contribution in [3.05, 3.63) is 17.8 Å². The van der Waals surface area contributed by atoms with Crippen molar-refractivity contribution in [2.75, 3.05) is 13.1 Å². The first kappa shape index (κ1) is 21.8. The number of hydrogen-bond donors (Lipinski definition) is 1. The molecule has 0 aliphatic heterocycles. The molecule has 1 heterocycles. The van der Waals surface area contributed by atoms with E-state index in [0.29, 0.717) is 13.1 Å². The van der Waals surface area contributed by atoms with E-state index in [1.807, 2.05) is 0 Å². The summed E-state index contributed by atoms with van der Waals surface area (Å²) in [4.78, 5) is 28.6. The number of unbranched alkanes of at least 4 members (excludes halogenated alkanes) is 4. The van der Waals surface area contributed by atoms with Crippen LogP contribution in [0.2, 0.25) is 0 Å². The lowest BCUT2D eigenvalue weighted by molar-refractivity contribution is -0.130. The second-order valence-electron chi connectivity index (χ2n) is 5.86. The first-order valence-corrected chi connectivity index (χ1v) is 9.66. The van der Waals surface area contributed by atoms with Crippen LogP contribution in [0.3, 0.4) is 0 Å². The molecule has 0 saturated heterocycles. The zero-order valence-corrected chi connectivity index (χ0v) is 16.4. The predicted octanol–water partition coefficient (Wildman–Crippen LogP) is 3.92. The zero-order valence-electron chi connectivity index (χ0n) is 14.9. The van der Waals surface area contributed by atoms with E-state index in [1.54, 1.807) is 0 Å². The first-order valence-electron chi connectivity index (χ1n) is 8.79. The number of rotatable bonds is 12. The zero-order chi connectivity index (χ0) is 18.7. The molecule has 0 aliphatic carbocycles. The monoisotopic (exact) mass is 391 g/mol. The lowest BCUT2D eigenvalue weighted by atomic mass is 10.2. The summed E-state index contributed by atoms with van der Waals surface area (Å²) in [5.74, 6) is -0.372. The predicted molar refractivity (Wildman–Crippen MR) is 98.8 cm³/mol. The van der Waals surface area contributed by atoms with Gasteiger partial charge in [-0.15, -0.1) is 0 Å². The Morgan fingerprint density at radius 3 is 2.52 bits per heavy atom. The molecule has 1 N–H and O–H groups in total. The van der Waals surface area contributed by atoms with Crippen molar-refractivity contribution in [1.29, 1.82) is 0 Å². The van der Waals surface area contributed by atoms with Crippen molar-refractivity contribution in [2.45, 2.75) is 63.8 Å². The average Bonchev–Trinajstić information content (AvgIpc) is 3.05. The van der Waals surface area contributed by atoms with Crippen LogP contribution in [0.25, 0.3) is 0 Å². The highest BCUT2D eigenvalue weighted by atomic mass is 35.5. The third kappa shape index (κ3) is 8.10. The van der Waals surface area contributed by atoms with E-state index in [1.165, 1.54) is 11.2 Å². The molecular formula is C17H27Cl2N3O3. The number of halogens is 2. The molecule has 0 fully saturated rings. The van der Waals surface area contributed by atoms with Gasteiger partial charge in [0.15, 0.2) is 10.5 Å². The maximum Gasteiger partial charge on any atom is 0.273 e. The Labute approximate surface area is 159 Å². The van der Waals surface area contributed by atoms with E-state index < -0.39 is 4.84 Å². The van der Waals surface area contributed by atoms with Gasteiger partial charge in [0.25, 0.3) is 11.8 Å². The SMILES string of the molecule is CCCCCNC(=O)c1coc(CN(CCCCC)C(=O)C(Cl)Cl)n1. The quantitative estimate of drug-likeness (QED) is 0.432. The average molecular weight is 392 g/mol. The van der Waals surface area contributed by atoms with E-state index in [4.69, 9.17) is 27.6 Å². The van der Waals surface area contributed by atoms with Crippen molar-refractivity contribution < 1.29 is 14.0 Å². The highest BCUT2D eigenvalue weighted by molar-refractivity contribution is 6.53. The number of aromatic nitrogens is 1. The van der Waals surface area contributed by atoms with Gasteiger partial charge in [0, 0.05) is 13.1 Å². The standard InChI is InChI=1S/C17H27Cl2N3O3/c1-3-5-7-9-20-16(23)13-12-25-14(21-13)11-22(10-8-6-4-2)17(24)15(18)19/h12,15H,3-11H2,1-2H3,(H,20,23). The molecule has 0 radical (unpaired) electrons. The van der Waals surface area contributed by atoms with Crippen molar-refractivity contribution >= 4 is 35.0 Å². The van der Waals surface area contributed by atoms with Gasteiger partial charge in [0.1, 0.15) is 6.26 Å². The molecule has 8 heteroatoms. The minimum absolute atomic E-state index is 0.140. The molecule has 0 atom stereocenters. The number of carbonyl (C=O) groups is 2. The van der Waals surface area contributed by atoms with Gasteiger partial charge in [-0.25, -0.2) is 4.98 Å². The molecule has 25 heavy (non-hydrogen) atoms. The van der Waals surface area contributed by atoms with E-state index in [0.717, 1.165) is 38.5 Å². The molecule has 0 bridgehead atoms. The molecule has 0 spiro atoms. The molecular weight excluding hydrogens is 365 g/mol. The maximum atomic E-state index is 12.1. The molecule has 1 rings (SSSR count). The lowest BCUT2D eigenvalue weighted by Gasteiger charge is -2.21. The number of hydrogen-bond acceptors (Lipinski definition) is 4. The third-order valence-electron chi connectivity index (χ3n) is 3.71. The van der Waals surface area contributed by atoms with Crippen molar-refractivity contribution in [3.63, 3.8) is 0 Å². The fourth-order valence-electron chi connectivity index (χ4n) is 2.28. The normalized spacial score (nSPS) is 10.9. The molecule has 6 nitrogen and oxygen atoms in total. The van der Waals surface area contributed by atoms with E-state index in [2.05, 4.69) is 24.1 Å². The molecule has 0 aliphatic rings. The summed E-state index contributed by atoms with van der Waals surface area (Å²) in [6.45, 7) is 5.45. The Kier molecular flexibility index (Phi) is 10.6. The summed E-state index contributed by atoms with van der Waals surface area (Å²) >= 11 is 11.4. The second kappa shape index (κ2) is 12.1. The Hall–Kier alpha value is -1.27. The summed E-state index contributed by atoms with van der Waals surface area (Å²) in [6, 6.07) is 0. The minimum Gasteiger partial charge on any atom is -0.446 e. The van der Waals surface area contributed by atoms with Gasteiger partial charge >= 0.3 is 0 Å². The fourth-order valence-corrected chi connectivity index (χ4v) is 2.55. The minimum atomic E-state index is -1.13. The lowest BCUT2D eigenvalue weighted by Crippen LogP contribution is -2.35. The molecule has 0 unspecified atom stereocenters. The first-order chi connectivity index (χ1) is 12.0. The van der Waals surface area contributed by atoms with Gasteiger partial charge in [-0.2, -0.15) is 0 Å². The van der Waals surface area contributed by atoms with Crippen LogP contribution in [0.5, 0.6) is 0 Å². The number of oxazole rings is 1. The number of carbonyl (C=O) groups excluding carboxylic acids is 2. The molecule has 0 aromatic carbocycles. The van der Waals surface area contributed by atoms with Gasteiger partial charge in [-0.1, -0.05) is 62.7 Å². The third-order valence-corrected chi connectivity index (χ3v) is 4.08. The highest BCUT2D eigenvalue weighted by Crippen LogP contribution is 2.13. The van der Waals surface area contributed by atoms with Gasteiger partial charge < -0.3 is 14.6 Å². The summed E-state index contributed by atoms with van der Waals surface area (Å²) in [6.07, 6.45) is 7.27. The van der Waals surface area contributed by atoms with Gasteiger partial charge in [-0.3, -0.25) is 9.59 Å². The molecule has 142 valence electrons. The molecule has 1 aromatic rings. The number of nitrogens with one attached hydrogen (secondary N) is 1. The van der Waals surface area contributed by atoms with Crippen LogP contribution >= 0.6 is 23.2 Å². The van der Waals surface area contributed by atoms with Gasteiger partial charge in [-0.05, 0) is 12.8 Å². The van der Waals surface area contributed by atoms with Crippen LogP contribution < -0.4 is 5.32 Å². The van der Waals surface area contributed by atoms with Gasteiger partial charge in [0.05, 0.1) is 6.54 Å². The Morgan fingerprint density at radius 2 is 1.88 bits per heavy atom. The Balaban J connectivity index is 2.61. The van der Waals surface area contributed by atoms with Crippen LogP contribution in [0.1, 0.15) is 68.8 Å². The maximum absolute atomic E-state index is 12.1. The Morgan fingerprint density at radius 1 is 1.20 bits per heavy atom. The van der Waals surface area contributed by atoms with E-state index >= 15 is 0 Å². The van der Waals surface area contributed by atoms with Crippen LogP contribution in [0.4, 0.5) is 0 Å². The van der Waals surface area contributed by atoms with Crippen LogP contribution in [-0.4, -0.2) is 39.6 Å². The summed E-state index contributed by atoms with van der Waals surface area (Å²) in [5.41, 5.74) is 0.209. The van der Waals surface area contributed by atoms with E-state index in [-0.39, 0.29) is 29.9 Å². The molecule has 2 amide bonds. The summed E-state index contributed by atoms with van der Waals surface area (Å²) in [7, 11) is 0. The smallest absolute Gasteiger partial charge is 0.273 e. The number of nitrogens with zero attached hydrogens (tertiary/aromatic N) is 2. The summed E-state index contributed by atoms with van der Waals surface area (Å²) in [5, 5.41) is 2.80. The Bertz CT molecular complexity index is 535. The van der Waals surface area contributed by atoms with Crippen LogP contribution in [-0.2, 0) is 11.3 Å². The van der Waals surface area contributed by atoms with Crippen molar-refractivity contribution in [2.24, 2.45) is 0 Å². The highest BCUT2D eigenvalue weighted by Gasteiger charge is 2.22. The van der Waals surface area contributed by atoms with Gasteiger partial charge in [0.2, 0.25) is 5.89 Å². The topological polar surface area (TPSA) is 75.4 Å². The second-order valence-corrected chi connectivity index (χ2v) is 6.95. The van der Waals surface area contributed by atoms with E-state index in [9.17, 15) is 9.59 Å². The number of amides is 2. The fraction of sp³-hybridized carbons (Fsp3) is 0.706. The van der Waals surface area contributed by atoms with Crippen molar-refractivity contribution in [3.8, 4) is 0 Å². The number of alkyl halides is 2. The van der Waals surface area contributed by atoms with Crippen LogP contribution in [0.15, 0.2) is 10.7 Å². The van der Waals surface area contributed by atoms with Crippen LogP contribution in [0, 0.1) is 0 Å². The summed E-state index contributed by atoms with van der Waals surface area (Å²) < 4.78 is 5.33. The van der Waals surface area contributed by atoms with Crippen molar-refractivity contribution in [1.82, 2.24) is 15.2 Å². The largest absolute Gasteiger partial charge is 0.446 e. The molecule has 0 saturated carbocycles.